The van der Waals surface area contributed by atoms with Gasteiger partial charge in [-0.05, 0) is 62.9 Å². The highest BCUT2D eigenvalue weighted by Gasteiger charge is 2.01. The van der Waals surface area contributed by atoms with Gasteiger partial charge in [-0.1, -0.05) is 12.1 Å². The molecule has 0 amide bonds. The van der Waals surface area contributed by atoms with E-state index in [1.807, 2.05) is 0 Å². The Morgan fingerprint density at radius 3 is 2.38 bits per heavy atom. The van der Waals surface area contributed by atoms with Crippen LogP contribution in [0.1, 0.15) is 29.2 Å². The lowest BCUT2D eigenvalue weighted by Crippen LogP contribution is -2.23. The molecule has 16 heavy (non-hydrogen) atoms. The van der Waals surface area contributed by atoms with Gasteiger partial charge < -0.3 is 5.32 Å². The zero-order chi connectivity index (χ0) is 12.1. The highest BCUT2D eigenvalue weighted by Crippen LogP contribution is 2.15. The fraction of sp³-hybridized carbons (Fsp3) is 0.500. The summed E-state index contributed by atoms with van der Waals surface area (Å²) in [5, 5.41) is 3.15. The molecule has 0 aliphatic carbocycles. The van der Waals surface area contributed by atoms with Crippen LogP contribution in [0.3, 0.4) is 0 Å². The number of hydrogen-bond acceptors (Lipinski definition) is 2. The summed E-state index contributed by atoms with van der Waals surface area (Å²) in [6.45, 7) is 9.37. The van der Waals surface area contributed by atoms with Crippen LogP contribution in [0, 0.1) is 20.8 Å². The van der Waals surface area contributed by atoms with Crippen molar-refractivity contribution in [3.05, 3.63) is 34.4 Å². The number of Topliss-reactive ketones (excluding diaryl/α,β-unsaturated/α-hetero) is 1. The van der Waals surface area contributed by atoms with Crippen LogP contribution in [0.5, 0.6) is 0 Å². The van der Waals surface area contributed by atoms with E-state index >= 15 is 0 Å². The monoisotopic (exact) mass is 219 g/mol. The number of aryl methyl sites for hydroxylation is 3. The average Bonchev–Trinajstić information content (AvgIpc) is 2.19. The number of nitrogens with one attached hydrogen (secondary N) is 1. The standard InChI is InChI=1S/C14H21NO/c1-10-7-12(3)14(8-11(10)2)5-6-15-9-13(4)16/h7-8,15H,5-6,9H2,1-4H3. The lowest BCUT2D eigenvalue weighted by atomic mass is 9.99. The minimum atomic E-state index is 0.191. The van der Waals surface area contributed by atoms with Crippen molar-refractivity contribution in [2.75, 3.05) is 13.1 Å². The van der Waals surface area contributed by atoms with Crippen LogP contribution >= 0.6 is 0 Å². The Morgan fingerprint density at radius 2 is 1.75 bits per heavy atom. The first-order valence-corrected chi connectivity index (χ1v) is 5.77. The summed E-state index contributed by atoms with van der Waals surface area (Å²) in [6, 6.07) is 4.48. The van der Waals surface area contributed by atoms with Gasteiger partial charge in [0.2, 0.25) is 0 Å². The normalized spacial score (nSPS) is 10.5. The van der Waals surface area contributed by atoms with Crippen molar-refractivity contribution < 1.29 is 4.79 Å². The highest BCUT2D eigenvalue weighted by atomic mass is 16.1. The van der Waals surface area contributed by atoms with Crippen LogP contribution in [-0.4, -0.2) is 18.9 Å². The Hall–Kier alpha value is -1.15. The molecule has 1 aromatic rings. The molecular formula is C14H21NO. The van der Waals surface area contributed by atoms with E-state index in [1.165, 1.54) is 22.3 Å². The van der Waals surface area contributed by atoms with Crippen molar-refractivity contribution in [3.63, 3.8) is 0 Å². The summed E-state index contributed by atoms with van der Waals surface area (Å²) in [5.74, 6) is 0.191. The molecule has 1 aromatic carbocycles. The van der Waals surface area contributed by atoms with E-state index in [2.05, 4.69) is 38.2 Å². The first kappa shape index (κ1) is 12.9. The molecule has 0 fully saturated rings. The fourth-order valence-electron chi connectivity index (χ4n) is 1.78. The first-order chi connectivity index (χ1) is 7.50. The molecule has 88 valence electrons. The maximum absolute atomic E-state index is 10.8. The Balaban J connectivity index is 2.54. The second-order valence-electron chi connectivity index (χ2n) is 4.49. The lowest BCUT2D eigenvalue weighted by molar-refractivity contribution is -0.116. The molecular weight excluding hydrogens is 198 g/mol. The number of hydrogen-bond donors (Lipinski definition) is 1. The smallest absolute Gasteiger partial charge is 0.143 e. The summed E-state index contributed by atoms with van der Waals surface area (Å²) >= 11 is 0. The van der Waals surface area contributed by atoms with Gasteiger partial charge >= 0.3 is 0 Å². The van der Waals surface area contributed by atoms with Crippen molar-refractivity contribution >= 4 is 5.78 Å². The topological polar surface area (TPSA) is 29.1 Å². The third-order valence-corrected chi connectivity index (χ3v) is 2.90. The number of carbonyl (C=O) groups excluding carboxylic acids is 1. The summed E-state index contributed by atoms with van der Waals surface area (Å²) < 4.78 is 0. The van der Waals surface area contributed by atoms with Gasteiger partial charge in [-0.25, -0.2) is 0 Å². The van der Waals surface area contributed by atoms with Crippen molar-refractivity contribution in [2.24, 2.45) is 0 Å². The number of benzene rings is 1. The van der Waals surface area contributed by atoms with Crippen LogP contribution in [0.4, 0.5) is 0 Å². The van der Waals surface area contributed by atoms with E-state index in [0.29, 0.717) is 6.54 Å². The van der Waals surface area contributed by atoms with E-state index < -0.39 is 0 Å². The van der Waals surface area contributed by atoms with Crippen molar-refractivity contribution in [1.82, 2.24) is 5.32 Å². The molecule has 1 rings (SSSR count). The third-order valence-electron chi connectivity index (χ3n) is 2.90. The zero-order valence-corrected chi connectivity index (χ0v) is 10.7. The molecule has 0 aliphatic heterocycles. The minimum Gasteiger partial charge on any atom is -0.310 e. The Bertz CT molecular complexity index is 383. The summed E-state index contributed by atoms with van der Waals surface area (Å²) in [6.07, 6.45) is 0.986. The Kier molecular flexibility index (Phi) is 4.69. The van der Waals surface area contributed by atoms with Crippen LogP contribution in [0.2, 0.25) is 0 Å². The van der Waals surface area contributed by atoms with Gasteiger partial charge in [0.25, 0.3) is 0 Å². The van der Waals surface area contributed by atoms with Crippen LogP contribution < -0.4 is 5.32 Å². The quantitative estimate of drug-likeness (QED) is 0.770. The van der Waals surface area contributed by atoms with Gasteiger partial charge in [0.05, 0.1) is 6.54 Å². The van der Waals surface area contributed by atoms with E-state index in [0.717, 1.165) is 13.0 Å². The number of carbonyl (C=O) groups is 1. The third kappa shape index (κ3) is 3.78. The minimum absolute atomic E-state index is 0.191. The molecule has 0 aromatic heterocycles. The maximum atomic E-state index is 10.8. The molecule has 0 radical (unpaired) electrons. The Morgan fingerprint density at radius 1 is 1.12 bits per heavy atom. The predicted molar refractivity (Wildman–Crippen MR) is 67.9 cm³/mol. The van der Waals surface area contributed by atoms with Crippen LogP contribution in [0.15, 0.2) is 12.1 Å². The number of ketones is 1. The first-order valence-electron chi connectivity index (χ1n) is 5.77. The van der Waals surface area contributed by atoms with Gasteiger partial charge in [0.15, 0.2) is 0 Å². The van der Waals surface area contributed by atoms with Crippen LogP contribution in [0.25, 0.3) is 0 Å². The molecule has 1 N–H and O–H groups in total. The van der Waals surface area contributed by atoms with Crippen LogP contribution in [-0.2, 0) is 11.2 Å². The molecule has 0 aliphatic rings. The second-order valence-corrected chi connectivity index (χ2v) is 4.49. The Labute approximate surface area is 98.1 Å². The molecule has 2 heteroatoms. The molecule has 2 nitrogen and oxygen atoms in total. The molecule has 0 saturated carbocycles. The maximum Gasteiger partial charge on any atom is 0.143 e. The van der Waals surface area contributed by atoms with E-state index in [-0.39, 0.29) is 5.78 Å². The SMILES string of the molecule is CC(=O)CNCCc1cc(C)c(C)cc1C. The molecule has 0 bridgehead atoms. The number of rotatable bonds is 5. The molecule has 0 unspecified atom stereocenters. The summed E-state index contributed by atoms with van der Waals surface area (Å²) in [7, 11) is 0. The molecule has 0 spiro atoms. The van der Waals surface area contributed by atoms with Crippen molar-refractivity contribution in [2.45, 2.75) is 34.1 Å². The molecule has 0 atom stereocenters. The zero-order valence-electron chi connectivity index (χ0n) is 10.7. The van der Waals surface area contributed by atoms with Gasteiger partial charge in [-0.15, -0.1) is 0 Å². The summed E-state index contributed by atoms with van der Waals surface area (Å²) in [5.41, 5.74) is 5.40. The largest absolute Gasteiger partial charge is 0.310 e. The second kappa shape index (κ2) is 5.80. The van der Waals surface area contributed by atoms with Gasteiger partial charge in [0, 0.05) is 0 Å². The van der Waals surface area contributed by atoms with Crippen molar-refractivity contribution in [1.29, 1.82) is 0 Å². The molecule has 0 saturated heterocycles. The summed E-state index contributed by atoms with van der Waals surface area (Å²) in [4.78, 5) is 10.8. The molecule has 0 heterocycles. The fourth-order valence-corrected chi connectivity index (χ4v) is 1.78. The van der Waals surface area contributed by atoms with Crippen molar-refractivity contribution in [3.8, 4) is 0 Å². The average molecular weight is 219 g/mol. The van der Waals surface area contributed by atoms with E-state index in [1.54, 1.807) is 6.92 Å². The highest BCUT2D eigenvalue weighted by molar-refractivity contribution is 5.77. The van der Waals surface area contributed by atoms with Gasteiger partial charge in [-0.3, -0.25) is 4.79 Å². The lowest BCUT2D eigenvalue weighted by Gasteiger charge is -2.10. The van der Waals surface area contributed by atoms with E-state index in [9.17, 15) is 4.79 Å². The van der Waals surface area contributed by atoms with E-state index in [4.69, 9.17) is 0 Å². The van der Waals surface area contributed by atoms with Gasteiger partial charge in [-0.2, -0.15) is 0 Å². The predicted octanol–water partition coefficient (Wildman–Crippen LogP) is 2.33. The van der Waals surface area contributed by atoms with Gasteiger partial charge in [0.1, 0.15) is 5.78 Å².